The second-order valence-electron chi connectivity index (χ2n) is 5.59. The smallest absolute Gasteiger partial charge is 0.251 e. The molecule has 5 nitrogen and oxygen atoms in total. The highest BCUT2D eigenvalue weighted by Crippen LogP contribution is 2.30. The number of nitrogens with one attached hydrogen (secondary N) is 2. The lowest BCUT2D eigenvalue weighted by Gasteiger charge is -2.16. The number of aromatic amines is 1. The molecule has 24 heavy (non-hydrogen) atoms. The summed E-state index contributed by atoms with van der Waals surface area (Å²) < 4.78 is 10.6. The van der Waals surface area contributed by atoms with Crippen LogP contribution in [0.4, 0.5) is 0 Å². The van der Waals surface area contributed by atoms with Crippen LogP contribution in [0.2, 0.25) is 0 Å². The van der Waals surface area contributed by atoms with Crippen LogP contribution in [0.3, 0.4) is 0 Å². The minimum absolute atomic E-state index is 0.117. The highest BCUT2D eigenvalue weighted by Gasteiger charge is 2.14. The van der Waals surface area contributed by atoms with Gasteiger partial charge in [0, 0.05) is 17.3 Å². The minimum Gasteiger partial charge on any atom is -0.493 e. The number of carbonyl (C=O) groups is 1. The van der Waals surface area contributed by atoms with Crippen LogP contribution in [0.15, 0.2) is 48.7 Å². The van der Waals surface area contributed by atoms with E-state index in [0.29, 0.717) is 17.1 Å². The van der Waals surface area contributed by atoms with Gasteiger partial charge in [-0.1, -0.05) is 12.1 Å². The number of rotatable bonds is 5. The predicted molar refractivity (Wildman–Crippen MR) is 93.7 cm³/mol. The molecule has 0 aliphatic rings. The topological polar surface area (TPSA) is 63.3 Å². The molecule has 0 saturated carbocycles. The van der Waals surface area contributed by atoms with Gasteiger partial charge in [0.1, 0.15) is 0 Å². The Hall–Kier alpha value is -2.95. The van der Waals surface area contributed by atoms with Gasteiger partial charge in [-0.05, 0) is 48.2 Å². The molecule has 0 aliphatic heterocycles. The van der Waals surface area contributed by atoms with Crippen molar-refractivity contribution in [1.82, 2.24) is 10.3 Å². The monoisotopic (exact) mass is 324 g/mol. The SMILES string of the molecule is COc1ccc(C(C)NC(=O)c2ccc3cc[nH]c3c2)cc1OC. The van der Waals surface area contributed by atoms with Crippen LogP contribution in [0.1, 0.15) is 28.9 Å². The number of hydrogen-bond donors (Lipinski definition) is 2. The number of fused-ring (bicyclic) bond motifs is 1. The van der Waals surface area contributed by atoms with Crippen molar-refractivity contribution < 1.29 is 14.3 Å². The third-order valence-electron chi connectivity index (χ3n) is 4.07. The van der Waals surface area contributed by atoms with Crippen LogP contribution >= 0.6 is 0 Å². The molecular weight excluding hydrogens is 304 g/mol. The van der Waals surface area contributed by atoms with Crippen LogP contribution in [-0.4, -0.2) is 25.1 Å². The maximum atomic E-state index is 12.5. The number of carbonyl (C=O) groups excluding carboxylic acids is 1. The summed E-state index contributed by atoms with van der Waals surface area (Å²) in [5, 5.41) is 4.09. The van der Waals surface area contributed by atoms with Crippen molar-refractivity contribution in [3.05, 3.63) is 59.8 Å². The Morgan fingerprint density at radius 1 is 1.04 bits per heavy atom. The minimum atomic E-state index is -0.156. The molecule has 0 spiro atoms. The highest BCUT2D eigenvalue weighted by atomic mass is 16.5. The average molecular weight is 324 g/mol. The van der Waals surface area contributed by atoms with Gasteiger partial charge < -0.3 is 19.8 Å². The molecule has 0 radical (unpaired) electrons. The maximum Gasteiger partial charge on any atom is 0.251 e. The average Bonchev–Trinajstić information content (AvgIpc) is 3.08. The first-order chi connectivity index (χ1) is 11.6. The summed E-state index contributed by atoms with van der Waals surface area (Å²) in [4.78, 5) is 15.6. The van der Waals surface area contributed by atoms with Crippen LogP contribution < -0.4 is 14.8 Å². The van der Waals surface area contributed by atoms with Gasteiger partial charge in [-0.3, -0.25) is 4.79 Å². The van der Waals surface area contributed by atoms with Crippen molar-refractivity contribution in [3.8, 4) is 11.5 Å². The zero-order valence-electron chi connectivity index (χ0n) is 13.9. The van der Waals surface area contributed by atoms with Gasteiger partial charge in [0.15, 0.2) is 11.5 Å². The molecular formula is C19H20N2O3. The number of aromatic nitrogens is 1. The maximum absolute atomic E-state index is 12.5. The Morgan fingerprint density at radius 3 is 2.58 bits per heavy atom. The molecule has 0 aliphatic carbocycles. The molecule has 1 amide bonds. The fraction of sp³-hybridized carbons (Fsp3) is 0.211. The van der Waals surface area contributed by atoms with Gasteiger partial charge in [0.05, 0.1) is 20.3 Å². The molecule has 0 bridgehead atoms. The largest absolute Gasteiger partial charge is 0.493 e. The molecule has 3 rings (SSSR count). The molecule has 5 heteroatoms. The standard InChI is InChI=1S/C19H20N2O3/c1-12(14-6-7-17(23-2)18(11-14)24-3)21-19(22)15-5-4-13-8-9-20-16(13)10-15/h4-12,20H,1-3H3,(H,21,22). The van der Waals surface area contributed by atoms with Crippen molar-refractivity contribution in [2.75, 3.05) is 14.2 Å². The Morgan fingerprint density at radius 2 is 1.83 bits per heavy atom. The van der Waals surface area contributed by atoms with E-state index in [4.69, 9.17) is 9.47 Å². The van der Waals surface area contributed by atoms with E-state index in [1.807, 2.05) is 55.6 Å². The fourth-order valence-electron chi connectivity index (χ4n) is 2.67. The van der Waals surface area contributed by atoms with E-state index in [-0.39, 0.29) is 11.9 Å². The highest BCUT2D eigenvalue weighted by molar-refractivity contribution is 5.98. The Kier molecular flexibility index (Phi) is 4.42. The lowest BCUT2D eigenvalue weighted by Crippen LogP contribution is -2.26. The molecule has 3 aromatic rings. The Bertz CT molecular complexity index is 870. The number of methoxy groups -OCH3 is 2. The molecule has 0 saturated heterocycles. The molecule has 1 heterocycles. The number of hydrogen-bond acceptors (Lipinski definition) is 3. The van der Waals surface area contributed by atoms with E-state index in [0.717, 1.165) is 16.5 Å². The van der Waals surface area contributed by atoms with Crippen molar-refractivity contribution in [1.29, 1.82) is 0 Å². The van der Waals surface area contributed by atoms with E-state index < -0.39 is 0 Å². The van der Waals surface area contributed by atoms with Gasteiger partial charge in [-0.25, -0.2) is 0 Å². The summed E-state index contributed by atoms with van der Waals surface area (Å²) in [6, 6.07) is 13.1. The van der Waals surface area contributed by atoms with Gasteiger partial charge in [-0.15, -0.1) is 0 Å². The zero-order chi connectivity index (χ0) is 17.1. The molecule has 1 atom stereocenters. The fourth-order valence-corrected chi connectivity index (χ4v) is 2.67. The first-order valence-electron chi connectivity index (χ1n) is 7.72. The molecule has 124 valence electrons. The van der Waals surface area contributed by atoms with Crippen LogP contribution in [0.5, 0.6) is 11.5 Å². The van der Waals surface area contributed by atoms with E-state index in [2.05, 4.69) is 10.3 Å². The molecule has 0 fully saturated rings. The van der Waals surface area contributed by atoms with E-state index in [9.17, 15) is 4.79 Å². The molecule has 2 aromatic carbocycles. The molecule has 1 aromatic heterocycles. The summed E-state index contributed by atoms with van der Waals surface area (Å²) in [6.07, 6.45) is 1.86. The zero-order valence-corrected chi connectivity index (χ0v) is 13.9. The van der Waals surface area contributed by atoms with Gasteiger partial charge in [-0.2, -0.15) is 0 Å². The van der Waals surface area contributed by atoms with Gasteiger partial charge in [0.25, 0.3) is 5.91 Å². The first kappa shape index (κ1) is 15.9. The summed E-state index contributed by atoms with van der Waals surface area (Å²) in [5.41, 5.74) is 2.51. The summed E-state index contributed by atoms with van der Waals surface area (Å²) in [6.45, 7) is 1.94. The Labute approximate surface area is 140 Å². The van der Waals surface area contributed by atoms with Crippen molar-refractivity contribution in [2.45, 2.75) is 13.0 Å². The Balaban J connectivity index is 1.78. The van der Waals surface area contributed by atoms with Gasteiger partial charge >= 0.3 is 0 Å². The summed E-state index contributed by atoms with van der Waals surface area (Å²) in [7, 11) is 3.19. The van der Waals surface area contributed by atoms with E-state index in [1.165, 1.54) is 0 Å². The van der Waals surface area contributed by atoms with E-state index >= 15 is 0 Å². The van der Waals surface area contributed by atoms with Crippen molar-refractivity contribution in [3.63, 3.8) is 0 Å². The normalized spacial score (nSPS) is 12.0. The summed E-state index contributed by atoms with van der Waals surface area (Å²) in [5.74, 6) is 1.19. The number of H-pyrrole nitrogens is 1. The second-order valence-corrected chi connectivity index (χ2v) is 5.59. The summed E-state index contributed by atoms with van der Waals surface area (Å²) >= 11 is 0. The predicted octanol–water partition coefficient (Wildman–Crippen LogP) is 3.68. The second kappa shape index (κ2) is 6.66. The number of ether oxygens (including phenoxy) is 2. The first-order valence-corrected chi connectivity index (χ1v) is 7.72. The third-order valence-corrected chi connectivity index (χ3v) is 4.07. The van der Waals surface area contributed by atoms with E-state index in [1.54, 1.807) is 14.2 Å². The van der Waals surface area contributed by atoms with Gasteiger partial charge in [0.2, 0.25) is 0 Å². The van der Waals surface area contributed by atoms with Crippen LogP contribution in [-0.2, 0) is 0 Å². The lowest BCUT2D eigenvalue weighted by molar-refractivity contribution is 0.0940. The van der Waals surface area contributed by atoms with Crippen LogP contribution in [0.25, 0.3) is 10.9 Å². The van der Waals surface area contributed by atoms with Crippen molar-refractivity contribution in [2.24, 2.45) is 0 Å². The molecule has 1 unspecified atom stereocenters. The van der Waals surface area contributed by atoms with Crippen molar-refractivity contribution >= 4 is 16.8 Å². The molecule has 2 N–H and O–H groups in total. The lowest BCUT2D eigenvalue weighted by atomic mass is 10.1. The third kappa shape index (κ3) is 3.06. The quantitative estimate of drug-likeness (QED) is 0.752. The number of benzene rings is 2. The number of amides is 1. The van der Waals surface area contributed by atoms with Crippen LogP contribution in [0, 0.1) is 0 Å².